The summed E-state index contributed by atoms with van der Waals surface area (Å²) in [5.41, 5.74) is 4.97. The van der Waals surface area contributed by atoms with Crippen LogP contribution in [0.3, 0.4) is 0 Å². The van der Waals surface area contributed by atoms with Crippen molar-refractivity contribution in [3.63, 3.8) is 0 Å². The van der Waals surface area contributed by atoms with Gasteiger partial charge in [-0.3, -0.25) is 14.7 Å². The highest BCUT2D eigenvalue weighted by Gasteiger charge is 2.24. The first-order valence-corrected chi connectivity index (χ1v) is 12.2. The number of aryl methyl sites for hydroxylation is 1. The molecule has 1 fully saturated rings. The van der Waals surface area contributed by atoms with Crippen molar-refractivity contribution in [1.29, 1.82) is 0 Å². The van der Waals surface area contributed by atoms with Gasteiger partial charge in [0.05, 0.1) is 11.6 Å². The molecule has 178 valence electrons. The van der Waals surface area contributed by atoms with Gasteiger partial charge in [-0.2, -0.15) is 0 Å². The number of piperazine rings is 1. The molecule has 34 heavy (non-hydrogen) atoms. The van der Waals surface area contributed by atoms with E-state index in [1.807, 2.05) is 12.1 Å². The predicted molar refractivity (Wildman–Crippen MR) is 132 cm³/mol. The summed E-state index contributed by atoms with van der Waals surface area (Å²) in [6.07, 6.45) is 3.84. The summed E-state index contributed by atoms with van der Waals surface area (Å²) in [5, 5.41) is 15.4. The maximum Gasteiger partial charge on any atom is 0.254 e. The topological polar surface area (TPSA) is 68.7 Å². The predicted octanol–water partition coefficient (Wildman–Crippen LogP) is 3.48. The molecular weight excluding hydrogens is 431 g/mol. The van der Waals surface area contributed by atoms with E-state index in [-0.39, 0.29) is 5.91 Å². The lowest BCUT2D eigenvalue weighted by Crippen LogP contribution is -2.51. The van der Waals surface area contributed by atoms with E-state index in [0.717, 1.165) is 29.4 Å². The molecule has 1 aliphatic heterocycles. The fraction of sp³-hybridized carbons (Fsp3) is 0.407. The maximum absolute atomic E-state index is 13.5. The second-order valence-electron chi connectivity index (χ2n) is 9.27. The average molecular weight is 463 g/mol. The summed E-state index contributed by atoms with van der Waals surface area (Å²) in [4.78, 5) is 21.5. The molecule has 1 aliphatic carbocycles. The average Bonchev–Trinajstić information content (AvgIpc) is 2.86. The molecule has 5 rings (SSSR count). The Labute approximate surface area is 199 Å². The number of anilines is 1. The number of benzene rings is 2. The molecule has 1 atom stereocenters. The van der Waals surface area contributed by atoms with Crippen LogP contribution in [-0.2, 0) is 12.8 Å². The molecule has 2 aromatic carbocycles. The molecule has 1 aromatic heterocycles. The van der Waals surface area contributed by atoms with Crippen molar-refractivity contribution in [2.45, 2.75) is 31.8 Å². The SMILES string of the molecule is O=C(c1cccc(F)c1)N1CCN(CC(O)CNc2c3c(nc4ccccc24)CCCC3)CC1. The zero-order chi connectivity index (χ0) is 23.5. The van der Waals surface area contributed by atoms with Crippen molar-refractivity contribution in [3.8, 4) is 0 Å². The smallest absolute Gasteiger partial charge is 0.254 e. The Balaban J connectivity index is 1.18. The van der Waals surface area contributed by atoms with Crippen molar-refractivity contribution in [2.24, 2.45) is 0 Å². The number of aliphatic hydroxyl groups excluding tert-OH is 1. The molecule has 3 aromatic rings. The summed E-state index contributed by atoms with van der Waals surface area (Å²) in [5.74, 6) is -0.543. The number of carbonyl (C=O) groups excluding carboxylic acids is 1. The van der Waals surface area contributed by atoms with Crippen LogP contribution in [0.2, 0.25) is 0 Å². The van der Waals surface area contributed by atoms with E-state index < -0.39 is 11.9 Å². The lowest BCUT2D eigenvalue weighted by Gasteiger charge is -2.35. The van der Waals surface area contributed by atoms with Gasteiger partial charge >= 0.3 is 0 Å². The zero-order valence-electron chi connectivity index (χ0n) is 19.3. The molecular formula is C27H31FN4O2. The highest BCUT2D eigenvalue weighted by molar-refractivity contribution is 5.94. The minimum atomic E-state index is -0.531. The third-order valence-electron chi connectivity index (χ3n) is 6.88. The van der Waals surface area contributed by atoms with Crippen LogP contribution in [0.15, 0.2) is 48.5 Å². The van der Waals surface area contributed by atoms with Gasteiger partial charge in [-0.25, -0.2) is 4.39 Å². The first-order valence-electron chi connectivity index (χ1n) is 12.2. The molecule has 7 heteroatoms. The number of carbonyl (C=O) groups is 1. The van der Waals surface area contributed by atoms with E-state index >= 15 is 0 Å². The van der Waals surface area contributed by atoms with Gasteiger partial charge in [0, 0.05) is 61.6 Å². The Kier molecular flexibility index (Phi) is 6.74. The molecule has 2 aliphatic rings. The Morgan fingerprint density at radius 2 is 1.85 bits per heavy atom. The maximum atomic E-state index is 13.5. The number of halogens is 1. The van der Waals surface area contributed by atoms with Gasteiger partial charge in [0.2, 0.25) is 0 Å². The lowest BCUT2D eigenvalue weighted by atomic mass is 9.92. The summed E-state index contributed by atoms with van der Waals surface area (Å²) >= 11 is 0. The Bertz CT molecular complexity index is 1180. The van der Waals surface area contributed by atoms with Crippen molar-refractivity contribution in [2.75, 3.05) is 44.6 Å². The van der Waals surface area contributed by atoms with Crippen LogP contribution in [0.5, 0.6) is 0 Å². The first kappa shape index (κ1) is 22.7. The van der Waals surface area contributed by atoms with E-state index in [1.165, 1.54) is 36.2 Å². The Hall–Kier alpha value is -3.03. The Morgan fingerprint density at radius 3 is 2.68 bits per heavy atom. The standard InChI is InChI=1S/C27H31FN4O2/c28-20-7-5-6-19(16-20)27(34)32-14-12-31(13-15-32)18-21(33)17-29-26-22-8-1-3-10-24(22)30-25-11-4-2-9-23(25)26/h1,3,5-8,10,16,21,33H,2,4,9,11-15,17-18H2,(H,29,30). The largest absolute Gasteiger partial charge is 0.390 e. The summed E-state index contributed by atoms with van der Waals surface area (Å²) in [7, 11) is 0. The number of β-amino-alcohol motifs (C(OH)–C–C–N with tert-alkyl or cyclic N) is 1. The van der Waals surface area contributed by atoms with Crippen molar-refractivity contribution in [1.82, 2.24) is 14.8 Å². The molecule has 0 spiro atoms. The molecule has 2 N–H and O–H groups in total. The van der Waals surface area contributed by atoms with E-state index in [1.54, 1.807) is 17.0 Å². The normalized spacial score (nSPS) is 17.4. The molecule has 1 amide bonds. The molecule has 0 radical (unpaired) electrons. The van der Waals surface area contributed by atoms with Crippen LogP contribution < -0.4 is 5.32 Å². The van der Waals surface area contributed by atoms with Gasteiger partial charge in [0.1, 0.15) is 5.82 Å². The zero-order valence-corrected chi connectivity index (χ0v) is 19.3. The number of para-hydroxylation sites is 1. The van der Waals surface area contributed by atoms with Gasteiger partial charge in [-0.05, 0) is 55.5 Å². The highest BCUT2D eigenvalue weighted by Crippen LogP contribution is 2.33. The molecule has 1 saturated heterocycles. The molecule has 1 unspecified atom stereocenters. The second-order valence-corrected chi connectivity index (χ2v) is 9.27. The number of fused-ring (bicyclic) bond motifs is 2. The van der Waals surface area contributed by atoms with E-state index in [2.05, 4.69) is 22.3 Å². The third kappa shape index (κ3) is 4.91. The monoisotopic (exact) mass is 462 g/mol. The van der Waals surface area contributed by atoms with E-state index in [9.17, 15) is 14.3 Å². The van der Waals surface area contributed by atoms with Crippen LogP contribution >= 0.6 is 0 Å². The van der Waals surface area contributed by atoms with Crippen LogP contribution in [0, 0.1) is 5.82 Å². The van der Waals surface area contributed by atoms with Crippen LogP contribution in [0.25, 0.3) is 10.9 Å². The van der Waals surface area contributed by atoms with Gasteiger partial charge in [-0.1, -0.05) is 24.3 Å². The van der Waals surface area contributed by atoms with Crippen LogP contribution in [0.1, 0.15) is 34.5 Å². The minimum Gasteiger partial charge on any atom is -0.390 e. The summed E-state index contributed by atoms with van der Waals surface area (Å²) < 4.78 is 13.5. The molecule has 6 nitrogen and oxygen atoms in total. The second kappa shape index (κ2) is 10.1. The lowest BCUT2D eigenvalue weighted by molar-refractivity contribution is 0.0546. The molecule has 0 saturated carbocycles. The summed E-state index contributed by atoms with van der Waals surface area (Å²) in [6.45, 7) is 3.51. The number of hydrogen-bond acceptors (Lipinski definition) is 5. The quantitative estimate of drug-likeness (QED) is 0.587. The fourth-order valence-corrected chi connectivity index (χ4v) is 5.09. The van der Waals surface area contributed by atoms with Crippen molar-refractivity contribution in [3.05, 3.63) is 71.2 Å². The fourth-order valence-electron chi connectivity index (χ4n) is 5.09. The number of aromatic nitrogens is 1. The van der Waals surface area contributed by atoms with E-state index in [4.69, 9.17) is 4.98 Å². The molecule has 2 heterocycles. The van der Waals surface area contributed by atoms with Crippen molar-refractivity contribution >= 4 is 22.5 Å². The number of amides is 1. The minimum absolute atomic E-state index is 0.143. The van der Waals surface area contributed by atoms with Crippen molar-refractivity contribution < 1.29 is 14.3 Å². The number of aliphatic hydroxyl groups is 1. The van der Waals surface area contributed by atoms with Gasteiger partial charge in [0.25, 0.3) is 5.91 Å². The first-order chi connectivity index (χ1) is 16.6. The number of hydrogen-bond donors (Lipinski definition) is 2. The number of pyridine rings is 1. The highest BCUT2D eigenvalue weighted by atomic mass is 19.1. The van der Waals surface area contributed by atoms with Crippen LogP contribution in [-0.4, -0.2) is 71.2 Å². The Morgan fingerprint density at radius 1 is 1.06 bits per heavy atom. The number of nitrogens with one attached hydrogen (secondary N) is 1. The summed E-state index contributed by atoms with van der Waals surface area (Å²) in [6, 6.07) is 14.0. The third-order valence-corrected chi connectivity index (χ3v) is 6.88. The van der Waals surface area contributed by atoms with Gasteiger partial charge in [-0.15, -0.1) is 0 Å². The van der Waals surface area contributed by atoms with Crippen LogP contribution in [0.4, 0.5) is 10.1 Å². The van der Waals surface area contributed by atoms with E-state index in [0.29, 0.717) is 44.8 Å². The van der Waals surface area contributed by atoms with Gasteiger partial charge in [0.15, 0.2) is 0 Å². The molecule has 0 bridgehead atoms. The number of nitrogens with zero attached hydrogens (tertiary/aromatic N) is 3. The van der Waals surface area contributed by atoms with Gasteiger partial charge < -0.3 is 15.3 Å². The number of rotatable bonds is 6.